The molecule has 0 N–H and O–H groups in total. The molecule has 1 saturated heterocycles. The first kappa shape index (κ1) is 30.6. The van der Waals surface area contributed by atoms with Crippen LogP contribution in [0, 0.1) is 0 Å². The first-order valence-electron chi connectivity index (χ1n) is 14.9. The monoisotopic (exact) mass is 589 g/mol. The number of ketones is 1. The highest BCUT2D eigenvalue weighted by atomic mass is 16.5. The lowest BCUT2D eigenvalue weighted by atomic mass is 9.94. The molecule has 0 radical (unpaired) electrons. The number of Topliss-reactive ketones (excluding diaryl/α,β-unsaturated/α-hetero) is 1. The number of hydrogen-bond acceptors (Lipinski definition) is 6. The Morgan fingerprint density at radius 1 is 0.636 bits per heavy atom. The number of methoxy groups -OCH3 is 2. The Morgan fingerprint density at radius 3 is 1.50 bits per heavy atom. The van der Waals surface area contributed by atoms with Gasteiger partial charge in [0.25, 0.3) is 0 Å². The van der Waals surface area contributed by atoms with Crippen LogP contribution in [-0.4, -0.2) is 44.5 Å². The molecule has 1 fully saturated rings. The van der Waals surface area contributed by atoms with E-state index < -0.39 is 0 Å². The van der Waals surface area contributed by atoms with Crippen LogP contribution >= 0.6 is 0 Å². The fourth-order valence-corrected chi connectivity index (χ4v) is 5.24. The fourth-order valence-electron chi connectivity index (χ4n) is 5.24. The first-order chi connectivity index (χ1) is 21.6. The molecule has 0 saturated carbocycles. The van der Waals surface area contributed by atoms with Crippen molar-refractivity contribution in [2.45, 2.75) is 26.6 Å². The van der Waals surface area contributed by atoms with E-state index in [4.69, 9.17) is 18.9 Å². The maximum Gasteiger partial charge on any atom is 0.187 e. The summed E-state index contributed by atoms with van der Waals surface area (Å²) in [6.45, 7) is 5.12. The van der Waals surface area contributed by atoms with Crippen molar-refractivity contribution in [1.29, 1.82) is 0 Å². The largest absolute Gasteiger partial charge is 0.493 e. The number of benzene rings is 4. The molecular weight excluding hydrogens is 550 g/mol. The van der Waals surface area contributed by atoms with Gasteiger partial charge in [0.15, 0.2) is 28.8 Å². The van der Waals surface area contributed by atoms with Gasteiger partial charge >= 0.3 is 0 Å². The molecule has 0 amide bonds. The average molecular weight is 590 g/mol. The van der Waals surface area contributed by atoms with E-state index in [1.54, 1.807) is 14.2 Å². The molecule has 0 atom stereocenters. The summed E-state index contributed by atoms with van der Waals surface area (Å²) in [5.74, 6) is 2.62. The molecule has 4 aromatic carbocycles. The smallest absolute Gasteiger partial charge is 0.187 e. The molecule has 0 aliphatic carbocycles. The van der Waals surface area contributed by atoms with Crippen LogP contribution < -0.4 is 18.9 Å². The molecule has 0 spiro atoms. The van der Waals surface area contributed by atoms with E-state index >= 15 is 0 Å². The number of hydrogen-bond donors (Lipinski definition) is 0. The third kappa shape index (κ3) is 7.97. The van der Waals surface area contributed by atoms with E-state index in [9.17, 15) is 4.79 Å². The quantitative estimate of drug-likeness (QED) is 0.159. The van der Waals surface area contributed by atoms with Crippen LogP contribution in [0.1, 0.15) is 35.6 Å². The topological polar surface area (TPSA) is 57.2 Å². The van der Waals surface area contributed by atoms with Crippen molar-refractivity contribution in [3.05, 3.63) is 130 Å². The second kappa shape index (κ2) is 15.1. The molecule has 4 aromatic rings. The summed E-state index contributed by atoms with van der Waals surface area (Å²) >= 11 is 0. The number of carbonyl (C=O) groups excluding carboxylic acids is 1. The zero-order valence-electron chi connectivity index (χ0n) is 25.6. The highest BCUT2D eigenvalue weighted by Gasteiger charge is 2.26. The van der Waals surface area contributed by atoms with E-state index in [0.717, 1.165) is 46.4 Å². The Bertz CT molecular complexity index is 1490. The second-order valence-corrected chi connectivity index (χ2v) is 10.7. The van der Waals surface area contributed by atoms with Gasteiger partial charge in [0, 0.05) is 24.2 Å². The molecule has 1 aliphatic rings. The van der Waals surface area contributed by atoms with Gasteiger partial charge < -0.3 is 18.9 Å². The van der Waals surface area contributed by atoms with Gasteiger partial charge in [-0.2, -0.15) is 0 Å². The van der Waals surface area contributed by atoms with Crippen LogP contribution in [0.5, 0.6) is 23.0 Å². The minimum Gasteiger partial charge on any atom is -0.493 e. The standard InChI is InChI=1S/C38H39NO5/c1-4-19-39-24-32(20-30-15-17-34(36(22-30)41-2)43-26-28-11-7-5-8-12-28)38(40)33(25-39)21-31-16-18-35(37(23-31)42-3)44-27-29-13-9-6-10-14-29/h5-18,20-23H,4,19,24-27H2,1-3H3/b32-20-,33-21+. The van der Waals surface area contributed by atoms with E-state index in [2.05, 4.69) is 11.8 Å². The summed E-state index contributed by atoms with van der Waals surface area (Å²) in [5, 5.41) is 0. The Balaban J connectivity index is 1.36. The van der Waals surface area contributed by atoms with Crippen LogP contribution in [0.25, 0.3) is 12.2 Å². The number of ether oxygens (including phenoxy) is 4. The Kier molecular flexibility index (Phi) is 10.5. The van der Waals surface area contributed by atoms with Gasteiger partial charge in [0.05, 0.1) is 14.2 Å². The van der Waals surface area contributed by atoms with Gasteiger partial charge in [-0.15, -0.1) is 0 Å². The number of piperidine rings is 1. The van der Waals surface area contributed by atoms with E-state index in [1.807, 2.05) is 109 Å². The molecule has 5 rings (SSSR count). The van der Waals surface area contributed by atoms with Crippen LogP contribution in [0.4, 0.5) is 0 Å². The summed E-state index contributed by atoms with van der Waals surface area (Å²) in [5.41, 5.74) is 5.41. The Hall–Kier alpha value is -4.81. The van der Waals surface area contributed by atoms with Crippen molar-refractivity contribution in [3.8, 4) is 23.0 Å². The lowest BCUT2D eigenvalue weighted by Gasteiger charge is -2.29. The van der Waals surface area contributed by atoms with Gasteiger partial charge in [-0.05, 0) is 71.6 Å². The molecule has 0 unspecified atom stereocenters. The van der Waals surface area contributed by atoms with Crippen LogP contribution in [0.2, 0.25) is 0 Å². The van der Waals surface area contributed by atoms with Gasteiger partial charge in [0.1, 0.15) is 13.2 Å². The van der Waals surface area contributed by atoms with Crippen molar-refractivity contribution in [2.75, 3.05) is 33.9 Å². The molecule has 0 aromatic heterocycles. The van der Waals surface area contributed by atoms with Gasteiger partial charge in [-0.3, -0.25) is 9.69 Å². The summed E-state index contributed by atoms with van der Waals surface area (Å²) in [7, 11) is 3.26. The molecule has 1 aliphatic heterocycles. The summed E-state index contributed by atoms with van der Waals surface area (Å²) in [6, 6.07) is 31.6. The van der Waals surface area contributed by atoms with Crippen molar-refractivity contribution in [2.24, 2.45) is 0 Å². The maximum atomic E-state index is 13.8. The number of carbonyl (C=O) groups is 1. The van der Waals surface area contributed by atoms with Crippen molar-refractivity contribution >= 4 is 17.9 Å². The summed E-state index contributed by atoms with van der Waals surface area (Å²) < 4.78 is 23.3. The van der Waals surface area contributed by atoms with Crippen LogP contribution in [0.15, 0.2) is 108 Å². The third-order valence-corrected chi connectivity index (χ3v) is 7.44. The zero-order chi connectivity index (χ0) is 30.7. The van der Waals surface area contributed by atoms with E-state index in [0.29, 0.717) is 49.3 Å². The predicted molar refractivity (Wildman–Crippen MR) is 175 cm³/mol. The Morgan fingerprint density at radius 2 is 1.09 bits per heavy atom. The van der Waals surface area contributed by atoms with Gasteiger partial charge in [-0.1, -0.05) is 79.7 Å². The predicted octanol–water partition coefficient (Wildman–Crippen LogP) is 7.62. The highest BCUT2D eigenvalue weighted by molar-refractivity contribution is 6.14. The molecule has 1 heterocycles. The molecule has 44 heavy (non-hydrogen) atoms. The third-order valence-electron chi connectivity index (χ3n) is 7.44. The Labute approximate surface area is 260 Å². The van der Waals surface area contributed by atoms with Crippen molar-refractivity contribution < 1.29 is 23.7 Å². The molecular formula is C38H39NO5. The number of nitrogens with zero attached hydrogens (tertiary/aromatic N) is 1. The summed E-state index contributed by atoms with van der Waals surface area (Å²) in [6.07, 6.45) is 4.92. The van der Waals surface area contributed by atoms with Crippen LogP contribution in [0.3, 0.4) is 0 Å². The number of rotatable bonds is 12. The van der Waals surface area contributed by atoms with Crippen molar-refractivity contribution in [3.63, 3.8) is 0 Å². The molecule has 226 valence electrons. The van der Waals surface area contributed by atoms with Gasteiger partial charge in [-0.25, -0.2) is 0 Å². The van der Waals surface area contributed by atoms with Crippen LogP contribution in [-0.2, 0) is 18.0 Å². The number of likely N-dealkylation sites (tertiary alicyclic amines) is 1. The molecule has 6 nitrogen and oxygen atoms in total. The normalized spacial score (nSPS) is 15.4. The minimum absolute atomic E-state index is 0.0455. The van der Waals surface area contributed by atoms with E-state index in [-0.39, 0.29) is 5.78 Å². The minimum atomic E-state index is 0.0455. The SMILES string of the molecule is CCCN1C/C(=C/c2ccc(OCc3ccccc3)c(OC)c2)C(=O)/C(=C/c2ccc(OCc3ccccc3)c(OC)c2)C1. The van der Waals surface area contributed by atoms with Gasteiger partial charge in [0.2, 0.25) is 0 Å². The zero-order valence-corrected chi connectivity index (χ0v) is 25.6. The lowest BCUT2D eigenvalue weighted by Crippen LogP contribution is -2.38. The highest BCUT2D eigenvalue weighted by Crippen LogP contribution is 2.32. The summed E-state index contributed by atoms with van der Waals surface area (Å²) in [4.78, 5) is 16.1. The molecule has 0 bridgehead atoms. The fraction of sp³-hybridized carbons (Fsp3) is 0.237. The maximum absolute atomic E-state index is 13.8. The van der Waals surface area contributed by atoms with Crippen molar-refractivity contribution in [1.82, 2.24) is 4.90 Å². The molecule has 6 heteroatoms. The van der Waals surface area contributed by atoms with E-state index in [1.165, 1.54) is 0 Å². The average Bonchev–Trinajstić information content (AvgIpc) is 3.06. The second-order valence-electron chi connectivity index (χ2n) is 10.7. The first-order valence-corrected chi connectivity index (χ1v) is 14.9. The lowest BCUT2D eigenvalue weighted by molar-refractivity contribution is -0.113.